The zero-order valence-electron chi connectivity index (χ0n) is 16.6. The van der Waals surface area contributed by atoms with Crippen LogP contribution < -0.4 is 4.74 Å². The number of rotatable bonds is 9. The predicted octanol–water partition coefficient (Wildman–Crippen LogP) is 3.98. The number of hydrogen-bond donors (Lipinski definition) is 1. The van der Waals surface area contributed by atoms with E-state index in [1.54, 1.807) is 11.9 Å². The second-order valence-corrected chi connectivity index (χ2v) is 7.14. The van der Waals surface area contributed by atoms with Gasteiger partial charge < -0.3 is 14.4 Å². The molecule has 0 radical (unpaired) electrons. The summed E-state index contributed by atoms with van der Waals surface area (Å²) in [4.78, 5) is 5.69. The maximum absolute atomic E-state index is 12.6. The van der Waals surface area contributed by atoms with Crippen LogP contribution in [0.3, 0.4) is 0 Å². The zero-order chi connectivity index (χ0) is 21.6. The summed E-state index contributed by atoms with van der Waals surface area (Å²) in [6.45, 7) is -0.584. The zero-order valence-corrected chi connectivity index (χ0v) is 16.6. The molecule has 0 fully saturated rings. The predicted molar refractivity (Wildman–Crippen MR) is 108 cm³/mol. The van der Waals surface area contributed by atoms with Crippen molar-refractivity contribution < 1.29 is 23.0 Å². The Labute approximate surface area is 173 Å². The van der Waals surface area contributed by atoms with Crippen molar-refractivity contribution in [2.75, 3.05) is 20.2 Å². The molecule has 8 heteroatoms. The molecular formula is C22H24F3N3O2. The molecule has 3 rings (SSSR count). The van der Waals surface area contributed by atoms with Crippen LogP contribution in [0.4, 0.5) is 13.2 Å². The number of aliphatic hydroxyl groups is 1. The fourth-order valence-corrected chi connectivity index (χ4v) is 3.11. The van der Waals surface area contributed by atoms with E-state index in [4.69, 9.17) is 4.74 Å². The number of ether oxygens (including phenoxy) is 1. The first kappa shape index (κ1) is 21.9. The van der Waals surface area contributed by atoms with Gasteiger partial charge >= 0.3 is 6.18 Å². The number of aliphatic hydroxyl groups excluding tert-OH is 1. The van der Waals surface area contributed by atoms with Crippen LogP contribution in [0.25, 0.3) is 11.1 Å². The lowest BCUT2D eigenvalue weighted by molar-refractivity contribution is -0.141. The molecule has 0 aliphatic heterocycles. The lowest BCUT2D eigenvalue weighted by Gasteiger charge is -2.21. The third-order valence-electron chi connectivity index (χ3n) is 4.49. The van der Waals surface area contributed by atoms with E-state index in [2.05, 4.69) is 4.98 Å². The van der Waals surface area contributed by atoms with Gasteiger partial charge in [-0.15, -0.1) is 0 Å². The van der Waals surface area contributed by atoms with E-state index < -0.39 is 18.8 Å². The van der Waals surface area contributed by atoms with Crippen molar-refractivity contribution in [1.29, 1.82) is 0 Å². The molecule has 160 valence electrons. The number of nitrogens with zero attached hydrogens (tertiary/aromatic N) is 3. The second kappa shape index (κ2) is 9.77. The molecule has 1 atom stereocenters. The smallest absolute Gasteiger partial charge is 0.406 e. The summed E-state index contributed by atoms with van der Waals surface area (Å²) < 4.78 is 44.5. The van der Waals surface area contributed by atoms with Gasteiger partial charge in [-0.25, -0.2) is 4.98 Å². The molecule has 0 saturated carbocycles. The molecule has 1 aromatic heterocycles. The van der Waals surface area contributed by atoms with E-state index in [0.717, 1.165) is 15.7 Å². The van der Waals surface area contributed by atoms with Crippen LogP contribution in [0.5, 0.6) is 5.75 Å². The molecule has 2 aromatic carbocycles. The number of likely N-dealkylation sites (N-methyl/N-ethyl adjacent to an activating group) is 1. The molecule has 1 unspecified atom stereocenters. The van der Waals surface area contributed by atoms with Crippen molar-refractivity contribution >= 4 is 0 Å². The minimum atomic E-state index is -4.31. The molecule has 1 heterocycles. The van der Waals surface area contributed by atoms with Crippen LogP contribution in [0.2, 0.25) is 0 Å². The number of hydrogen-bond acceptors (Lipinski definition) is 4. The van der Waals surface area contributed by atoms with Gasteiger partial charge in [0.05, 0.1) is 6.54 Å². The largest absolute Gasteiger partial charge is 0.491 e. The van der Waals surface area contributed by atoms with Gasteiger partial charge in [0.1, 0.15) is 30.8 Å². The monoisotopic (exact) mass is 419 g/mol. The fourth-order valence-electron chi connectivity index (χ4n) is 3.11. The Morgan fingerprint density at radius 3 is 2.40 bits per heavy atom. The lowest BCUT2D eigenvalue weighted by Crippen LogP contribution is -2.33. The maximum atomic E-state index is 12.6. The van der Waals surface area contributed by atoms with Gasteiger partial charge in [-0.05, 0) is 30.3 Å². The van der Waals surface area contributed by atoms with Crippen molar-refractivity contribution in [3.05, 3.63) is 72.8 Å². The quantitative estimate of drug-likeness (QED) is 0.570. The number of alkyl halides is 3. The third kappa shape index (κ3) is 6.60. The van der Waals surface area contributed by atoms with Crippen molar-refractivity contribution in [3.8, 4) is 16.9 Å². The molecule has 30 heavy (non-hydrogen) atoms. The Morgan fingerprint density at radius 2 is 1.73 bits per heavy atom. The minimum absolute atomic E-state index is 0.0754. The summed E-state index contributed by atoms with van der Waals surface area (Å²) >= 11 is 0. The van der Waals surface area contributed by atoms with Gasteiger partial charge in [-0.3, -0.25) is 4.90 Å². The van der Waals surface area contributed by atoms with Crippen molar-refractivity contribution in [2.24, 2.45) is 0 Å². The van der Waals surface area contributed by atoms with E-state index in [0.29, 0.717) is 11.6 Å². The maximum Gasteiger partial charge on any atom is 0.406 e. The van der Waals surface area contributed by atoms with Gasteiger partial charge in [0.25, 0.3) is 0 Å². The van der Waals surface area contributed by atoms with Gasteiger partial charge in [0.2, 0.25) is 0 Å². The highest BCUT2D eigenvalue weighted by Crippen LogP contribution is 2.22. The SMILES string of the molecule is CN(Cc1nccn1CC(F)(F)F)CC(O)COc1ccc(-c2ccccc2)cc1. The van der Waals surface area contributed by atoms with Crippen LogP contribution in [-0.4, -0.2) is 52.0 Å². The van der Waals surface area contributed by atoms with E-state index in [-0.39, 0.29) is 19.7 Å². The molecule has 5 nitrogen and oxygen atoms in total. The number of imidazole rings is 1. The summed E-state index contributed by atoms with van der Waals surface area (Å²) in [7, 11) is 1.71. The van der Waals surface area contributed by atoms with E-state index in [1.165, 1.54) is 12.4 Å². The first-order chi connectivity index (χ1) is 14.3. The standard InChI is InChI=1S/C22H24F3N3O2/c1-27(14-21-26-11-12-28(21)16-22(23,24)25)13-19(29)15-30-20-9-7-18(8-10-20)17-5-3-2-4-6-17/h2-12,19,29H,13-16H2,1H3. The normalized spacial score (nSPS) is 12.9. The van der Waals surface area contributed by atoms with Gasteiger partial charge in [0.15, 0.2) is 0 Å². The Hall–Kier alpha value is -2.84. The molecule has 3 aromatic rings. The molecule has 0 amide bonds. The van der Waals surface area contributed by atoms with Gasteiger partial charge in [-0.1, -0.05) is 42.5 Å². The van der Waals surface area contributed by atoms with Gasteiger partial charge in [0, 0.05) is 18.9 Å². The second-order valence-electron chi connectivity index (χ2n) is 7.14. The molecule has 0 spiro atoms. The molecule has 1 N–H and O–H groups in total. The van der Waals surface area contributed by atoms with Crippen LogP contribution in [0.1, 0.15) is 5.82 Å². The average molecular weight is 419 g/mol. The Bertz CT molecular complexity index is 911. The summed E-state index contributed by atoms with van der Waals surface area (Å²) in [5.74, 6) is 0.927. The van der Waals surface area contributed by atoms with E-state index >= 15 is 0 Å². The summed E-state index contributed by atoms with van der Waals surface area (Å²) in [6, 6.07) is 17.5. The molecule has 0 aliphatic rings. The highest BCUT2D eigenvalue weighted by atomic mass is 19.4. The number of halogens is 3. The van der Waals surface area contributed by atoms with Crippen LogP contribution in [-0.2, 0) is 13.1 Å². The van der Waals surface area contributed by atoms with Crippen LogP contribution >= 0.6 is 0 Å². The Morgan fingerprint density at radius 1 is 1.07 bits per heavy atom. The van der Waals surface area contributed by atoms with Crippen LogP contribution in [0.15, 0.2) is 67.0 Å². The summed E-state index contributed by atoms with van der Waals surface area (Å²) in [5, 5.41) is 10.2. The third-order valence-corrected chi connectivity index (χ3v) is 4.49. The molecule has 0 aliphatic carbocycles. The first-order valence-electron chi connectivity index (χ1n) is 9.52. The van der Waals surface area contributed by atoms with Crippen LogP contribution in [0, 0.1) is 0 Å². The first-order valence-corrected chi connectivity index (χ1v) is 9.52. The average Bonchev–Trinajstić information content (AvgIpc) is 3.12. The Balaban J connectivity index is 1.47. The number of benzene rings is 2. The van der Waals surface area contributed by atoms with Crippen molar-refractivity contribution in [1.82, 2.24) is 14.5 Å². The highest BCUT2D eigenvalue weighted by Gasteiger charge is 2.29. The molecule has 0 bridgehead atoms. The van der Waals surface area contributed by atoms with E-state index in [9.17, 15) is 18.3 Å². The fraction of sp³-hybridized carbons (Fsp3) is 0.318. The topological polar surface area (TPSA) is 50.5 Å². The highest BCUT2D eigenvalue weighted by molar-refractivity contribution is 5.63. The minimum Gasteiger partial charge on any atom is -0.491 e. The van der Waals surface area contributed by atoms with Crippen molar-refractivity contribution in [2.45, 2.75) is 25.4 Å². The number of aromatic nitrogens is 2. The summed E-state index contributed by atoms with van der Waals surface area (Å²) in [5.41, 5.74) is 2.17. The van der Waals surface area contributed by atoms with Crippen molar-refractivity contribution in [3.63, 3.8) is 0 Å². The van der Waals surface area contributed by atoms with E-state index in [1.807, 2.05) is 54.6 Å². The molecular weight excluding hydrogens is 395 g/mol. The lowest BCUT2D eigenvalue weighted by atomic mass is 10.1. The van der Waals surface area contributed by atoms with Gasteiger partial charge in [-0.2, -0.15) is 13.2 Å². The Kier molecular flexibility index (Phi) is 7.12. The molecule has 0 saturated heterocycles. The summed E-state index contributed by atoms with van der Waals surface area (Å²) in [6.07, 6.45) is -2.46.